The molecule has 0 aromatic heterocycles. The fourth-order valence-electron chi connectivity index (χ4n) is 1.99. The molecule has 19 heavy (non-hydrogen) atoms. The molecular formula is C16H14Cl2O. The molecule has 0 unspecified atom stereocenters. The fraction of sp³-hybridized carbons (Fsp3) is 0.188. The third-order valence-electron chi connectivity index (χ3n) is 3.11. The smallest absolute Gasteiger partial charge is 0.167 e. The van der Waals surface area contributed by atoms with Gasteiger partial charge in [0.25, 0.3) is 0 Å². The van der Waals surface area contributed by atoms with Crippen LogP contribution < -0.4 is 0 Å². The lowest BCUT2D eigenvalue weighted by Crippen LogP contribution is -2.06. The van der Waals surface area contributed by atoms with E-state index in [1.165, 1.54) is 0 Å². The molecule has 0 spiro atoms. The Morgan fingerprint density at radius 2 is 1.68 bits per heavy atom. The van der Waals surface area contributed by atoms with Crippen molar-refractivity contribution in [2.45, 2.75) is 20.3 Å². The predicted molar refractivity (Wildman–Crippen MR) is 80.4 cm³/mol. The van der Waals surface area contributed by atoms with Crippen LogP contribution in [-0.2, 0) is 6.42 Å². The van der Waals surface area contributed by atoms with E-state index in [9.17, 15) is 4.79 Å². The number of ketones is 1. The van der Waals surface area contributed by atoms with Gasteiger partial charge in [-0.15, -0.1) is 0 Å². The normalized spacial score (nSPS) is 10.5. The van der Waals surface area contributed by atoms with Gasteiger partial charge in [-0.25, -0.2) is 0 Å². The molecule has 0 aliphatic carbocycles. The lowest BCUT2D eigenvalue weighted by atomic mass is 9.97. The second-order valence-corrected chi connectivity index (χ2v) is 5.42. The van der Waals surface area contributed by atoms with Gasteiger partial charge >= 0.3 is 0 Å². The maximum absolute atomic E-state index is 12.3. The predicted octanol–water partition coefficient (Wildman–Crippen LogP) is 5.04. The van der Waals surface area contributed by atoms with Gasteiger partial charge in [0.2, 0.25) is 0 Å². The first-order valence-corrected chi connectivity index (χ1v) is 6.78. The Morgan fingerprint density at radius 3 is 2.37 bits per heavy atom. The zero-order valence-corrected chi connectivity index (χ0v) is 12.3. The monoisotopic (exact) mass is 292 g/mol. The first kappa shape index (κ1) is 14.1. The molecule has 0 bridgehead atoms. The summed E-state index contributed by atoms with van der Waals surface area (Å²) in [6.45, 7) is 3.79. The van der Waals surface area contributed by atoms with E-state index in [0.717, 1.165) is 16.7 Å². The van der Waals surface area contributed by atoms with Crippen LogP contribution in [-0.4, -0.2) is 5.78 Å². The number of aryl methyl sites for hydroxylation is 2. The zero-order chi connectivity index (χ0) is 14.0. The van der Waals surface area contributed by atoms with Crippen LogP contribution in [0.4, 0.5) is 0 Å². The molecule has 0 radical (unpaired) electrons. The maximum Gasteiger partial charge on any atom is 0.167 e. The van der Waals surface area contributed by atoms with Gasteiger partial charge in [0.05, 0.1) is 0 Å². The molecule has 0 aliphatic rings. The number of carbonyl (C=O) groups excluding carboxylic acids is 1. The highest BCUT2D eigenvalue weighted by atomic mass is 35.5. The van der Waals surface area contributed by atoms with Crippen molar-refractivity contribution >= 4 is 29.0 Å². The third-order valence-corrected chi connectivity index (χ3v) is 3.89. The Kier molecular flexibility index (Phi) is 4.28. The van der Waals surface area contributed by atoms with Crippen LogP contribution in [0.3, 0.4) is 0 Å². The van der Waals surface area contributed by atoms with Gasteiger partial charge in [0, 0.05) is 22.0 Å². The van der Waals surface area contributed by atoms with Crippen molar-refractivity contribution in [3.63, 3.8) is 0 Å². The summed E-state index contributed by atoms with van der Waals surface area (Å²) in [6.07, 6.45) is 0.307. The highest BCUT2D eigenvalue weighted by Gasteiger charge is 2.13. The second kappa shape index (κ2) is 5.77. The second-order valence-electron chi connectivity index (χ2n) is 4.61. The van der Waals surface area contributed by atoms with E-state index in [2.05, 4.69) is 0 Å². The topological polar surface area (TPSA) is 17.1 Å². The van der Waals surface area contributed by atoms with E-state index in [1.54, 1.807) is 6.07 Å². The van der Waals surface area contributed by atoms with E-state index >= 15 is 0 Å². The minimum atomic E-state index is 0.0605. The van der Waals surface area contributed by atoms with Crippen molar-refractivity contribution in [2.24, 2.45) is 0 Å². The first-order valence-electron chi connectivity index (χ1n) is 6.02. The molecule has 2 aromatic carbocycles. The summed E-state index contributed by atoms with van der Waals surface area (Å²) in [7, 11) is 0. The van der Waals surface area contributed by atoms with Crippen LogP contribution >= 0.6 is 23.2 Å². The van der Waals surface area contributed by atoms with Gasteiger partial charge in [-0.05, 0) is 48.7 Å². The number of Topliss-reactive ketones (excluding diaryl/α,β-unsaturated/α-hetero) is 1. The van der Waals surface area contributed by atoms with Crippen LogP contribution in [0.2, 0.25) is 10.0 Å². The number of carbonyl (C=O) groups is 1. The van der Waals surface area contributed by atoms with Gasteiger partial charge in [-0.2, -0.15) is 0 Å². The molecule has 0 saturated carbocycles. The van der Waals surface area contributed by atoms with Crippen LogP contribution in [0.25, 0.3) is 0 Å². The molecule has 0 atom stereocenters. The van der Waals surface area contributed by atoms with Crippen LogP contribution in [0.15, 0.2) is 36.4 Å². The van der Waals surface area contributed by atoms with Crippen molar-refractivity contribution in [1.82, 2.24) is 0 Å². The summed E-state index contributed by atoms with van der Waals surface area (Å²) in [5.74, 6) is 0.0605. The van der Waals surface area contributed by atoms with Crippen LogP contribution in [0, 0.1) is 13.8 Å². The van der Waals surface area contributed by atoms with Gasteiger partial charge < -0.3 is 0 Å². The average molecular weight is 293 g/mol. The van der Waals surface area contributed by atoms with Crippen LogP contribution in [0.1, 0.15) is 27.0 Å². The van der Waals surface area contributed by atoms with Gasteiger partial charge in [0.15, 0.2) is 5.78 Å². The Morgan fingerprint density at radius 1 is 1.00 bits per heavy atom. The van der Waals surface area contributed by atoms with Crippen molar-refractivity contribution in [1.29, 1.82) is 0 Å². The largest absolute Gasteiger partial charge is 0.294 e. The number of hydrogen-bond acceptors (Lipinski definition) is 1. The molecule has 2 aromatic rings. The molecule has 0 heterocycles. The third kappa shape index (κ3) is 3.17. The highest BCUT2D eigenvalue weighted by molar-refractivity contribution is 6.32. The number of benzene rings is 2. The Bertz CT molecular complexity index is 633. The van der Waals surface area contributed by atoms with Crippen molar-refractivity contribution in [3.8, 4) is 0 Å². The van der Waals surface area contributed by atoms with E-state index in [0.29, 0.717) is 22.0 Å². The Labute approximate surface area is 123 Å². The molecule has 0 aliphatic heterocycles. The van der Waals surface area contributed by atoms with Crippen molar-refractivity contribution in [3.05, 3.63) is 68.7 Å². The lowest BCUT2D eigenvalue weighted by molar-refractivity contribution is 0.0992. The molecule has 98 valence electrons. The molecule has 0 amide bonds. The molecule has 2 rings (SSSR count). The molecule has 0 N–H and O–H groups in total. The molecule has 0 fully saturated rings. The van der Waals surface area contributed by atoms with Crippen molar-refractivity contribution in [2.75, 3.05) is 0 Å². The number of rotatable bonds is 3. The summed E-state index contributed by atoms with van der Waals surface area (Å²) in [4.78, 5) is 12.3. The summed E-state index contributed by atoms with van der Waals surface area (Å²) >= 11 is 12.1. The van der Waals surface area contributed by atoms with Gasteiger partial charge in [0.1, 0.15) is 0 Å². The van der Waals surface area contributed by atoms with Crippen LogP contribution in [0.5, 0.6) is 0 Å². The van der Waals surface area contributed by atoms with Crippen molar-refractivity contribution < 1.29 is 4.79 Å². The lowest BCUT2D eigenvalue weighted by Gasteiger charge is -2.09. The summed E-state index contributed by atoms with van der Waals surface area (Å²) in [5, 5.41) is 1.31. The summed E-state index contributed by atoms with van der Waals surface area (Å²) in [6, 6.07) is 11.1. The van der Waals surface area contributed by atoms with E-state index < -0.39 is 0 Å². The molecule has 0 saturated heterocycles. The molecular weight excluding hydrogens is 279 g/mol. The maximum atomic E-state index is 12.3. The minimum Gasteiger partial charge on any atom is -0.294 e. The van der Waals surface area contributed by atoms with E-state index in [4.69, 9.17) is 23.2 Å². The Hall–Kier alpha value is -1.31. The standard InChI is InChI=1S/C16H14Cl2O/c1-10-8-15(18)11(2)7-13(10)16(19)9-12-5-3-4-6-14(12)17/h3-8H,9H2,1-2H3. The number of halogens is 2. The minimum absolute atomic E-state index is 0.0605. The highest BCUT2D eigenvalue weighted by Crippen LogP contribution is 2.23. The van der Waals surface area contributed by atoms with E-state index in [1.807, 2.05) is 44.2 Å². The Balaban J connectivity index is 2.31. The summed E-state index contributed by atoms with van der Waals surface area (Å²) < 4.78 is 0. The SMILES string of the molecule is Cc1cc(C(=O)Cc2ccccc2Cl)c(C)cc1Cl. The molecule has 3 heteroatoms. The molecule has 1 nitrogen and oxygen atoms in total. The van der Waals surface area contributed by atoms with E-state index in [-0.39, 0.29) is 5.78 Å². The summed E-state index contributed by atoms with van der Waals surface area (Å²) in [5.41, 5.74) is 3.37. The quantitative estimate of drug-likeness (QED) is 0.725. The zero-order valence-electron chi connectivity index (χ0n) is 10.8. The fourth-order valence-corrected chi connectivity index (χ4v) is 2.41. The van der Waals surface area contributed by atoms with Gasteiger partial charge in [-0.1, -0.05) is 41.4 Å². The average Bonchev–Trinajstić information content (AvgIpc) is 2.36. The van der Waals surface area contributed by atoms with Gasteiger partial charge in [-0.3, -0.25) is 4.79 Å². The number of hydrogen-bond donors (Lipinski definition) is 0. The first-order chi connectivity index (χ1) is 8.99.